The van der Waals surface area contributed by atoms with Gasteiger partial charge in [0, 0.05) is 33.9 Å². The van der Waals surface area contributed by atoms with E-state index in [1.165, 1.54) is 0 Å². The molecule has 4 N–H and O–H groups in total. The van der Waals surface area contributed by atoms with Crippen LogP contribution in [0.2, 0.25) is 0 Å². The van der Waals surface area contributed by atoms with Crippen molar-refractivity contribution >= 4 is 40.5 Å². The number of anilines is 4. The summed E-state index contributed by atoms with van der Waals surface area (Å²) in [5.41, 5.74) is 4.73. The molecule has 0 saturated heterocycles. The molecule has 0 aliphatic rings. The van der Waals surface area contributed by atoms with Gasteiger partial charge in [0.15, 0.2) is 0 Å². The molecule has 36 heavy (non-hydrogen) atoms. The standard InChI is InChI=1S/C29H26N4O3/c1-20-7-5-10-22(17-20)29(36)32-24-15-13-23(14-16-24)31-27(34)19-30-25-11-6-12-26(18-25)33-28(35)21-8-3-2-4-9-21/h2-18,30H,19H2,1H3,(H,31,34)(H,32,36)(H,33,35). The van der Waals surface area contributed by atoms with Crippen LogP contribution < -0.4 is 21.3 Å². The Kier molecular flexibility index (Phi) is 7.73. The van der Waals surface area contributed by atoms with E-state index in [2.05, 4.69) is 21.3 Å². The van der Waals surface area contributed by atoms with Crippen molar-refractivity contribution in [2.45, 2.75) is 6.92 Å². The number of carbonyl (C=O) groups is 3. The van der Waals surface area contributed by atoms with Crippen LogP contribution in [0, 0.1) is 6.92 Å². The van der Waals surface area contributed by atoms with E-state index in [1.807, 2.05) is 37.3 Å². The highest BCUT2D eigenvalue weighted by Crippen LogP contribution is 2.17. The number of nitrogens with one attached hydrogen (secondary N) is 4. The Morgan fingerprint density at radius 2 is 1.14 bits per heavy atom. The quantitative estimate of drug-likeness (QED) is 0.267. The Labute approximate surface area is 209 Å². The van der Waals surface area contributed by atoms with Gasteiger partial charge in [-0.15, -0.1) is 0 Å². The molecule has 7 heteroatoms. The summed E-state index contributed by atoms with van der Waals surface area (Å²) in [6.07, 6.45) is 0. The second-order valence-electron chi connectivity index (χ2n) is 8.20. The van der Waals surface area contributed by atoms with Crippen LogP contribution in [0.5, 0.6) is 0 Å². The monoisotopic (exact) mass is 478 g/mol. The van der Waals surface area contributed by atoms with Gasteiger partial charge >= 0.3 is 0 Å². The lowest BCUT2D eigenvalue weighted by Gasteiger charge is -2.11. The fraction of sp³-hybridized carbons (Fsp3) is 0.0690. The molecule has 0 saturated carbocycles. The van der Waals surface area contributed by atoms with E-state index >= 15 is 0 Å². The van der Waals surface area contributed by atoms with Crippen LogP contribution in [0.15, 0.2) is 103 Å². The Balaban J connectivity index is 1.27. The van der Waals surface area contributed by atoms with Gasteiger partial charge in [-0.2, -0.15) is 0 Å². The van der Waals surface area contributed by atoms with Crippen molar-refractivity contribution in [3.8, 4) is 0 Å². The van der Waals surface area contributed by atoms with Crippen LogP contribution in [0.1, 0.15) is 26.3 Å². The maximum atomic E-state index is 12.4. The molecule has 180 valence electrons. The van der Waals surface area contributed by atoms with E-state index in [9.17, 15) is 14.4 Å². The summed E-state index contributed by atoms with van der Waals surface area (Å²) in [6.45, 7) is 1.98. The molecule has 0 unspecified atom stereocenters. The molecule has 7 nitrogen and oxygen atoms in total. The molecule has 0 aliphatic heterocycles. The SMILES string of the molecule is Cc1cccc(C(=O)Nc2ccc(NC(=O)CNc3cccc(NC(=O)c4ccccc4)c3)cc2)c1. The predicted octanol–water partition coefficient (Wildman–Crippen LogP) is 5.55. The largest absolute Gasteiger partial charge is 0.376 e. The first-order valence-electron chi connectivity index (χ1n) is 11.4. The van der Waals surface area contributed by atoms with Gasteiger partial charge in [-0.05, 0) is 73.7 Å². The molecule has 0 heterocycles. The number of hydrogen-bond donors (Lipinski definition) is 4. The Morgan fingerprint density at radius 3 is 1.86 bits per heavy atom. The van der Waals surface area contributed by atoms with Gasteiger partial charge in [-0.25, -0.2) is 0 Å². The summed E-state index contributed by atoms with van der Waals surface area (Å²) in [5, 5.41) is 11.6. The summed E-state index contributed by atoms with van der Waals surface area (Å²) in [5.74, 6) is -0.629. The highest BCUT2D eigenvalue weighted by atomic mass is 16.2. The molecule has 0 radical (unpaired) electrons. The molecule has 4 rings (SSSR count). The molecule has 0 spiro atoms. The average Bonchev–Trinajstić information content (AvgIpc) is 2.89. The van der Waals surface area contributed by atoms with Gasteiger partial charge in [0.25, 0.3) is 11.8 Å². The van der Waals surface area contributed by atoms with Crippen LogP contribution in [-0.2, 0) is 4.79 Å². The average molecular weight is 479 g/mol. The van der Waals surface area contributed by atoms with Gasteiger partial charge in [0.1, 0.15) is 0 Å². The first-order valence-corrected chi connectivity index (χ1v) is 11.4. The Hall–Kier alpha value is -4.91. The smallest absolute Gasteiger partial charge is 0.255 e. The lowest BCUT2D eigenvalue weighted by Crippen LogP contribution is -2.21. The van der Waals surface area contributed by atoms with Gasteiger partial charge < -0.3 is 21.3 Å². The van der Waals surface area contributed by atoms with Crippen molar-refractivity contribution in [3.63, 3.8) is 0 Å². The topological polar surface area (TPSA) is 99.3 Å². The van der Waals surface area contributed by atoms with E-state index in [4.69, 9.17) is 0 Å². The predicted molar refractivity (Wildman–Crippen MR) is 144 cm³/mol. The fourth-order valence-corrected chi connectivity index (χ4v) is 3.51. The third kappa shape index (κ3) is 6.80. The zero-order valence-corrected chi connectivity index (χ0v) is 19.7. The van der Waals surface area contributed by atoms with Gasteiger partial charge in [-0.3, -0.25) is 14.4 Å². The molecular weight excluding hydrogens is 452 g/mol. The minimum absolute atomic E-state index is 0.0436. The van der Waals surface area contributed by atoms with Gasteiger partial charge in [-0.1, -0.05) is 42.0 Å². The van der Waals surface area contributed by atoms with Crippen LogP contribution >= 0.6 is 0 Å². The first kappa shape index (κ1) is 24.2. The maximum Gasteiger partial charge on any atom is 0.255 e. The minimum Gasteiger partial charge on any atom is -0.376 e. The molecule has 0 fully saturated rings. The number of rotatable bonds is 8. The summed E-state index contributed by atoms with van der Waals surface area (Å²) in [6, 6.07) is 30.4. The van der Waals surface area contributed by atoms with Crippen molar-refractivity contribution < 1.29 is 14.4 Å². The first-order chi connectivity index (χ1) is 17.5. The summed E-state index contributed by atoms with van der Waals surface area (Å²) < 4.78 is 0. The molecule has 3 amide bonds. The molecule has 4 aromatic carbocycles. The Bertz CT molecular complexity index is 1370. The van der Waals surface area contributed by atoms with E-state index in [-0.39, 0.29) is 24.3 Å². The molecule has 0 bridgehead atoms. The zero-order chi connectivity index (χ0) is 25.3. The third-order valence-corrected chi connectivity index (χ3v) is 5.32. The lowest BCUT2D eigenvalue weighted by molar-refractivity contribution is -0.114. The maximum absolute atomic E-state index is 12.4. The van der Waals surface area contributed by atoms with E-state index in [1.54, 1.807) is 72.8 Å². The number of carbonyl (C=O) groups excluding carboxylic acids is 3. The molecule has 4 aromatic rings. The molecule has 0 aromatic heterocycles. The summed E-state index contributed by atoms with van der Waals surface area (Å²) in [4.78, 5) is 37.1. The minimum atomic E-state index is -0.231. The normalized spacial score (nSPS) is 10.2. The van der Waals surface area contributed by atoms with Crippen LogP contribution in [0.3, 0.4) is 0 Å². The van der Waals surface area contributed by atoms with E-state index < -0.39 is 0 Å². The third-order valence-electron chi connectivity index (χ3n) is 5.32. The summed E-state index contributed by atoms with van der Waals surface area (Å²) in [7, 11) is 0. The lowest BCUT2D eigenvalue weighted by atomic mass is 10.1. The molecular formula is C29H26N4O3. The van der Waals surface area contributed by atoms with E-state index in [0.29, 0.717) is 33.9 Å². The van der Waals surface area contributed by atoms with Crippen LogP contribution in [-0.4, -0.2) is 24.3 Å². The number of amides is 3. The fourth-order valence-electron chi connectivity index (χ4n) is 3.51. The highest BCUT2D eigenvalue weighted by Gasteiger charge is 2.08. The highest BCUT2D eigenvalue weighted by molar-refractivity contribution is 6.05. The van der Waals surface area contributed by atoms with Crippen molar-refractivity contribution in [2.75, 3.05) is 27.8 Å². The van der Waals surface area contributed by atoms with Crippen molar-refractivity contribution in [2.24, 2.45) is 0 Å². The second kappa shape index (κ2) is 11.5. The molecule has 0 atom stereocenters. The van der Waals surface area contributed by atoms with Crippen LogP contribution in [0.25, 0.3) is 0 Å². The van der Waals surface area contributed by atoms with Crippen molar-refractivity contribution in [3.05, 3.63) is 120 Å². The van der Waals surface area contributed by atoms with Crippen molar-refractivity contribution in [1.29, 1.82) is 0 Å². The van der Waals surface area contributed by atoms with Gasteiger partial charge in [0.2, 0.25) is 5.91 Å². The van der Waals surface area contributed by atoms with Crippen molar-refractivity contribution in [1.82, 2.24) is 0 Å². The zero-order valence-electron chi connectivity index (χ0n) is 19.7. The molecule has 0 aliphatic carbocycles. The van der Waals surface area contributed by atoms with Crippen LogP contribution in [0.4, 0.5) is 22.7 Å². The number of aryl methyl sites for hydroxylation is 1. The second-order valence-corrected chi connectivity index (χ2v) is 8.20. The number of benzene rings is 4. The summed E-state index contributed by atoms with van der Waals surface area (Å²) >= 11 is 0. The Morgan fingerprint density at radius 1 is 0.556 bits per heavy atom. The van der Waals surface area contributed by atoms with Gasteiger partial charge in [0.05, 0.1) is 6.54 Å². The number of hydrogen-bond acceptors (Lipinski definition) is 4. The van der Waals surface area contributed by atoms with E-state index in [0.717, 1.165) is 5.56 Å².